The van der Waals surface area contributed by atoms with Gasteiger partial charge in [-0.1, -0.05) is 12.1 Å². The van der Waals surface area contributed by atoms with E-state index < -0.39 is 33.6 Å². The third-order valence-corrected chi connectivity index (χ3v) is 6.44. The van der Waals surface area contributed by atoms with Crippen LogP contribution in [0.4, 0.5) is 14.2 Å². The SMILES string of the molecule is CN(CC(O)c1ccc(F)cc1)S(=O)(=O)c1ccsc1NC(=O)OC(C)(C)C. The van der Waals surface area contributed by atoms with Crippen molar-refractivity contribution in [3.8, 4) is 0 Å². The van der Waals surface area contributed by atoms with E-state index in [1.165, 1.54) is 42.8 Å². The van der Waals surface area contributed by atoms with E-state index in [9.17, 15) is 22.7 Å². The zero-order valence-electron chi connectivity index (χ0n) is 16.0. The van der Waals surface area contributed by atoms with E-state index in [1.54, 1.807) is 20.8 Å². The number of nitrogens with zero attached hydrogens (tertiary/aromatic N) is 1. The number of likely N-dealkylation sites (N-methyl/N-ethyl adjacent to an activating group) is 1. The van der Waals surface area contributed by atoms with Crippen LogP contribution >= 0.6 is 11.3 Å². The first-order valence-electron chi connectivity index (χ1n) is 8.37. The van der Waals surface area contributed by atoms with Gasteiger partial charge in [-0.3, -0.25) is 5.32 Å². The van der Waals surface area contributed by atoms with E-state index in [0.29, 0.717) is 5.56 Å². The van der Waals surface area contributed by atoms with Gasteiger partial charge in [-0.2, -0.15) is 4.31 Å². The molecule has 1 unspecified atom stereocenters. The Bertz CT molecular complexity index is 920. The van der Waals surface area contributed by atoms with Crippen molar-refractivity contribution in [3.63, 3.8) is 0 Å². The van der Waals surface area contributed by atoms with Crippen LogP contribution in [0.1, 0.15) is 32.4 Å². The molecule has 2 N–H and O–H groups in total. The number of nitrogens with one attached hydrogen (secondary N) is 1. The lowest BCUT2D eigenvalue weighted by molar-refractivity contribution is 0.0636. The van der Waals surface area contributed by atoms with Gasteiger partial charge >= 0.3 is 6.09 Å². The molecule has 154 valence electrons. The van der Waals surface area contributed by atoms with Gasteiger partial charge in [-0.05, 0) is 49.9 Å². The number of halogens is 1. The third-order valence-electron chi connectivity index (χ3n) is 3.62. The number of carbonyl (C=O) groups is 1. The van der Waals surface area contributed by atoms with Crippen LogP contribution in [0.5, 0.6) is 0 Å². The van der Waals surface area contributed by atoms with Gasteiger partial charge in [0, 0.05) is 13.6 Å². The fraction of sp³-hybridized carbons (Fsp3) is 0.389. The molecule has 1 aromatic carbocycles. The predicted octanol–water partition coefficient (Wildman–Crippen LogP) is 3.59. The largest absolute Gasteiger partial charge is 0.444 e. The summed E-state index contributed by atoms with van der Waals surface area (Å²) in [5, 5.41) is 14.4. The average molecular weight is 431 g/mol. The first-order chi connectivity index (χ1) is 12.9. The predicted molar refractivity (Wildman–Crippen MR) is 105 cm³/mol. The van der Waals surface area contributed by atoms with E-state index in [-0.39, 0.29) is 16.4 Å². The quantitative estimate of drug-likeness (QED) is 0.730. The fourth-order valence-electron chi connectivity index (χ4n) is 2.29. The number of amides is 1. The highest BCUT2D eigenvalue weighted by atomic mass is 32.2. The highest BCUT2D eigenvalue weighted by molar-refractivity contribution is 7.89. The van der Waals surface area contributed by atoms with Crippen LogP contribution in [-0.4, -0.2) is 43.1 Å². The van der Waals surface area contributed by atoms with Crippen molar-refractivity contribution in [1.29, 1.82) is 0 Å². The summed E-state index contributed by atoms with van der Waals surface area (Å²) in [6.07, 6.45) is -1.90. The molecule has 0 radical (unpaired) electrons. The number of carbonyl (C=O) groups excluding carboxylic acids is 1. The van der Waals surface area contributed by atoms with Crippen LogP contribution in [0, 0.1) is 5.82 Å². The molecule has 28 heavy (non-hydrogen) atoms. The van der Waals surface area contributed by atoms with Crippen molar-refractivity contribution < 1.29 is 27.4 Å². The second-order valence-corrected chi connectivity index (χ2v) is 10.0. The number of aliphatic hydroxyl groups is 1. The van der Waals surface area contributed by atoms with E-state index in [1.807, 2.05) is 0 Å². The third kappa shape index (κ3) is 5.74. The number of aliphatic hydroxyl groups excluding tert-OH is 1. The van der Waals surface area contributed by atoms with E-state index in [0.717, 1.165) is 15.6 Å². The number of ether oxygens (including phenoxy) is 1. The lowest BCUT2D eigenvalue weighted by atomic mass is 10.1. The molecular formula is C18H23FN2O5S2. The molecule has 0 fully saturated rings. The van der Waals surface area contributed by atoms with Gasteiger partial charge in [0.15, 0.2) is 0 Å². The summed E-state index contributed by atoms with van der Waals surface area (Å²) in [6, 6.07) is 6.53. The van der Waals surface area contributed by atoms with E-state index in [4.69, 9.17) is 4.74 Å². The zero-order valence-corrected chi connectivity index (χ0v) is 17.6. The molecule has 0 saturated heterocycles. The van der Waals surface area contributed by atoms with Gasteiger partial charge in [0.1, 0.15) is 21.3 Å². The summed E-state index contributed by atoms with van der Waals surface area (Å²) in [5.41, 5.74) is -0.336. The Labute approximate surface area is 167 Å². The summed E-state index contributed by atoms with van der Waals surface area (Å²) >= 11 is 1.04. The average Bonchev–Trinajstić information content (AvgIpc) is 3.02. The maximum Gasteiger partial charge on any atom is 0.412 e. The number of rotatable bonds is 6. The van der Waals surface area contributed by atoms with Crippen LogP contribution < -0.4 is 5.32 Å². The van der Waals surface area contributed by atoms with E-state index >= 15 is 0 Å². The Balaban J connectivity index is 2.14. The molecule has 1 aromatic heterocycles. The highest BCUT2D eigenvalue weighted by Gasteiger charge is 2.28. The molecule has 0 bridgehead atoms. The molecule has 0 aliphatic rings. The van der Waals surface area contributed by atoms with Crippen LogP contribution in [-0.2, 0) is 14.8 Å². The van der Waals surface area contributed by atoms with Gasteiger partial charge in [-0.25, -0.2) is 17.6 Å². The molecule has 1 atom stereocenters. The van der Waals surface area contributed by atoms with Crippen molar-refractivity contribution in [1.82, 2.24) is 4.31 Å². The summed E-state index contributed by atoms with van der Waals surface area (Å²) in [7, 11) is -2.67. The molecular weight excluding hydrogens is 407 g/mol. The highest BCUT2D eigenvalue weighted by Crippen LogP contribution is 2.31. The minimum Gasteiger partial charge on any atom is -0.444 e. The Hall–Kier alpha value is -2.01. The summed E-state index contributed by atoms with van der Waals surface area (Å²) in [5.74, 6) is -0.451. The minimum atomic E-state index is -3.99. The number of sulfonamides is 1. The van der Waals surface area contributed by atoms with Gasteiger partial charge in [0.05, 0.1) is 6.10 Å². The number of thiophene rings is 1. The minimum absolute atomic E-state index is 0.0998. The Morgan fingerprint density at radius 3 is 2.46 bits per heavy atom. The summed E-state index contributed by atoms with van der Waals surface area (Å²) < 4.78 is 44.9. The molecule has 1 amide bonds. The first-order valence-corrected chi connectivity index (χ1v) is 10.7. The molecule has 2 rings (SSSR count). The maximum atomic E-state index is 13.0. The molecule has 0 spiro atoms. The molecule has 0 aliphatic heterocycles. The fourth-order valence-corrected chi connectivity index (χ4v) is 4.70. The smallest absolute Gasteiger partial charge is 0.412 e. The molecule has 2 aromatic rings. The molecule has 10 heteroatoms. The normalized spacial score (nSPS) is 13.4. The van der Waals surface area contributed by atoms with Crippen molar-refractivity contribution in [2.75, 3.05) is 18.9 Å². The molecule has 1 heterocycles. The number of benzene rings is 1. The number of hydrogen-bond acceptors (Lipinski definition) is 6. The van der Waals surface area contributed by atoms with Crippen molar-refractivity contribution in [2.45, 2.75) is 37.4 Å². The standard InChI is InChI=1S/C18H23FN2O5S2/c1-18(2,3)26-17(23)20-16-15(9-10-27-16)28(24,25)21(4)11-14(22)12-5-7-13(19)8-6-12/h5-10,14,22H,11H2,1-4H3,(H,20,23). The Morgan fingerprint density at radius 2 is 1.89 bits per heavy atom. The summed E-state index contributed by atoms with van der Waals surface area (Å²) in [4.78, 5) is 11.9. The van der Waals surface area contributed by atoms with Crippen LogP contribution in [0.15, 0.2) is 40.6 Å². The van der Waals surface area contributed by atoms with Crippen LogP contribution in [0.25, 0.3) is 0 Å². The lowest BCUT2D eigenvalue weighted by Gasteiger charge is -2.22. The Kier molecular flexibility index (Phi) is 6.81. The van der Waals surface area contributed by atoms with Gasteiger partial charge < -0.3 is 9.84 Å². The second kappa shape index (κ2) is 8.56. The maximum absolute atomic E-state index is 13.0. The van der Waals surface area contributed by atoms with Crippen LogP contribution in [0.3, 0.4) is 0 Å². The second-order valence-electron chi connectivity index (χ2n) is 7.09. The molecule has 7 nitrogen and oxygen atoms in total. The number of hydrogen-bond donors (Lipinski definition) is 2. The summed E-state index contributed by atoms with van der Waals surface area (Å²) in [6.45, 7) is 4.85. The van der Waals surface area contributed by atoms with Gasteiger partial charge in [0.25, 0.3) is 0 Å². The topological polar surface area (TPSA) is 95.9 Å². The Morgan fingerprint density at radius 1 is 1.29 bits per heavy atom. The number of anilines is 1. The van der Waals surface area contributed by atoms with Crippen molar-refractivity contribution in [3.05, 3.63) is 47.1 Å². The van der Waals surface area contributed by atoms with Gasteiger partial charge in [0.2, 0.25) is 10.0 Å². The van der Waals surface area contributed by atoms with Gasteiger partial charge in [-0.15, -0.1) is 11.3 Å². The van der Waals surface area contributed by atoms with E-state index in [2.05, 4.69) is 5.32 Å². The van der Waals surface area contributed by atoms with Crippen molar-refractivity contribution in [2.24, 2.45) is 0 Å². The first kappa shape index (κ1) is 22.3. The van der Waals surface area contributed by atoms with Crippen molar-refractivity contribution >= 4 is 32.5 Å². The lowest BCUT2D eigenvalue weighted by Crippen LogP contribution is -2.32. The monoisotopic (exact) mass is 430 g/mol. The molecule has 0 aliphatic carbocycles. The van der Waals surface area contributed by atoms with Crippen LogP contribution in [0.2, 0.25) is 0 Å². The zero-order chi connectivity index (χ0) is 21.1. The molecule has 0 saturated carbocycles.